The standard InChI is InChI=1S/C27H45NO7/c1-2-3-4-5-6-7-9-24-10-12-25(13-11-24)35-23-22-34-21-20-33-19-18-32-17-8-16-28-26(29)14-15-27(30)31/h10-13H,2-9,14-23H2,1H3,(H,28,29)(H,30,31). The molecule has 1 aromatic carbocycles. The van der Waals surface area contributed by atoms with Gasteiger partial charge in [0.1, 0.15) is 12.4 Å². The zero-order valence-electron chi connectivity index (χ0n) is 21.4. The van der Waals surface area contributed by atoms with Crippen molar-refractivity contribution in [3.8, 4) is 5.75 Å². The van der Waals surface area contributed by atoms with Crippen molar-refractivity contribution < 1.29 is 33.6 Å². The molecular weight excluding hydrogens is 450 g/mol. The topological polar surface area (TPSA) is 103 Å². The third-order valence-corrected chi connectivity index (χ3v) is 5.34. The summed E-state index contributed by atoms with van der Waals surface area (Å²) < 4.78 is 22.1. The summed E-state index contributed by atoms with van der Waals surface area (Å²) in [5.74, 6) is -0.354. The fourth-order valence-corrected chi connectivity index (χ4v) is 3.33. The molecule has 0 spiro atoms. The summed E-state index contributed by atoms with van der Waals surface area (Å²) in [6.45, 7) is 6.20. The van der Waals surface area contributed by atoms with Gasteiger partial charge in [0.05, 0.1) is 39.5 Å². The van der Waals surface area contributed by atoms with Gasteiger partial charge < -0.3 is 29.4 Å². The lowest BCUT2D eigenvalue weighted by Gasteiger charge is -2.09. The Kier molecular flexibility index (Phi) is 19.7. The van der Waals surface area contributed by atoms with Crippen LogP contribution in [0.25, 0.3) is 0 Å². The normalized spacial score (nSPS) is 10.9. The Balaban J connectivity index is 1.85. The zero-order chi connectivity index (χ0) is 25.4. The molecule has 0 bridgehead atoms. The van der Waals surface area contributed by atoms with Crippen molar-refractivity contribution in [1.29, 1.82) is 0 Å². The van der Waals surface area contributed by atoms with Gasteiger partial charge in [0.2, 0.25) is 5.91 Å². The molecule has 0 heterocycles. The second-order valence-corrected chi connectivity index (χ2v) is 8.44. The first kappa shape index (κ1) is 30.9. The summed E-state index contributed by atoms with van der Waals surface area (Å²) in [6.07, 6.45) is 9.57. The Morgan fingerprint density at radius 2 is 1.34 bits per heavy atom. The van der Waals surface area contributed by atoms with E-state index in [1.807, 2.05) is 12.1 Å². The van der Waals surface area contributed by atoms with Gasteiger partial charge in [-0.2, -0.15) is 0 Å². The Morgan fingerprint density at radius 1 is 0.743 bits per heavy atom. The van der Waals surface area contributed by atoms with Gasteiger partial charge in [-0.3, -0.25) is 9.59 Å². The van der Waals surface area contributed by atoms with Crippen LogP contribution in [0.5, 0.6) is 5.75 Å². The van der Waals surface area contributed by atoms with E-state index >= 15 is 0 Å². The highest BCUT2D eigenvalue weighted by Gasteiger charge is 2.04. The number of aliphatic carboxylic acids is 1. The maximum absolute atomic E-state index is 11.3. The van der Waals surface area contributed by atoms with E-state index in [1.165, 1.54) is 44.1 Å². The smallest absolute Gasteiger partial charge is 0.303 e. The molecule has 0 aliphatic heterocycles. The number of unbranched alkanes of at least 4 members (excludes halogenated alkanes) is 5. The molecule has 0 fully saturated rings. The summed E-state index contributed by atoms with van der Waals surface area (Å²) in [5.41, 5.74) is 1.37. The van der Waals surface area contributed by atoms with Crippen LogP contribution in [0.15, 0.2) is 24.3 Å². The maximum atomic E-state index is 11.3. The second-order valence-electron chi connectivity index (χ2n) is 8.44. The molecular formula is C27H45NO7. The van der Waals surface area contributed by atoms with Crippen molar-refractivity contribution in [2.24, 2.45) is 0 Å². The number of hydrogen-bond donors (Lipinski definition) is 2. The molecule has 200 valence electrons. The quantitative estimate of drug-likeness (QED) is 0.205. The molecule has 1 rings (SSSR count). The highest BCUT2D eigenvalue weighted by molar-refractivity contribution is 5.80. The highest BCUT2D eigenvalue weighted by atomic mass is 16.6. The Hall–Kier alpha value is -2.16. The lowest BCUT2D eigenvalue weighted by molar-refractivity contribution is -0.138. The minimum atomic E-state index is -0.971. The lowest BCUT2D eigenvalue weighted by atomic mass is 10.0. The molecule has 0 atom stereocenters. The van der Waals surface area contributed by atoms with E-state index in [0.717, 1.165) is 12.2 Å². The number of ether oxygens (including phenoxy) is 4. The fraction of sp³-hybridized carbons (Fsp3) is 0.704. The molecule has 0 saturated heterocycles. The SMILES string of the molecule is CCCCCCCCc1ccc(OCCOCCOCCOCCCNC(=O)CCC(=O)O)cc1. The van der Waals surface area contributed by atoms with Crippen molar-refractivity contribution in [3.63, 3.8) is 0 Å². The van der Waals surface area contributed by atoms with Crippen LogP contribution in [0, 0.1) is 0 Å². The van der Waals surface area contributed by atoms with Gasteiger partial charge >= 0.3 is 5.97 Å². The van der Waals surface area contributed by atoms with Crippen LogP contribution < -0.4 is 10.1 Å². The Morgan fingerprint density at radius 3 is 2.00 bits per heavy atom. The number of carboxylic acid groups (broad SMARTS) is 1. The van der Waals surface area contributed by atoms with E-state index in [4.69, 9.17) is 24.1 Å². The number of carboxylic acids is 1. The first-order valence-electron chi connectivity index (χ1n) is 13.0. The van der Waals surface area contributed by atoms with E-state index < -0.39 is 5.97 Å². The van der Waals surface area contributed by atoms with E-state index in [2.05, 4.69) is 24.4 Å². The third kappa shape index (κ3) is 19.8. The average Bonchev–Trinajstić information content (AvgIpc) is 2.85. The first-order valence-corrected chi connectivity index (χ1v) is 13.0. The van der Waals surface area contributed by atoms with Crippen LogP contribution in [0.3, 0.4) is 0 Å². The van der Waals surface area contributed by atoms with Crippen molar-refractivity contribution in [2.75, 3.05) is 52.8 Å². The fourth-order valence-electron chi connectivity index (χ4n) is 3.33. The second kappa shape index (κ2) is 22.3. The van der Waals surface area contributed by atoms with Crippen LogP contribution in [0.4, 0.5) is 0 Å². The molecule has 0 saturated carbocycles. The third-order valence-electron chi connectivity index (χ3n) is 5.34. The van der Waals surface area contributed by atoms with Crippen molar-refractivity contribution >= 4 is 11.9 Å². The van der Waals surface area contributed by atoms with Gasteiger partial charge in [-0.25, -0.2) is 0 Å². The predicted molar refractivity (Wildman–Crippen MR) is 136 cm³/mol. The summed E-state index contributed by atoms with van der Waals surface area (Å²) in [4.78, 5) is 21.7. The highest BCUT2D eigenvalue weighted by Crippen LogP contribution is 2.15. The molecule has 0 radical (unpaired) electrons. The van der Waals surface area contributed by atoms with Crippen LogP contribution in [-0.2, 0) is 30.2 Å². The monoisotopic (exact) mass is 495 g/mol. The number of rotatable bonds is 24. The lowest BCUT2D eigenvalue weighted by Crippen LogP contribution is -2.25. The van der Waals surface area contributed by atoms with E-state index in [-0.39, 0.29) is 18.7 Å². The van der Waals surface area contributed by atoms with Gasteiger partial charge in [-0.15, -0.1) is 0 Å². The number of aryl methyl sites for hydroxylation is 1. The first-order chi connectivity index (χ1) is 17.1. The molecule has 8 heteroatoms. The van der Waals surface area contributed by atoms with Gasteiger partial charge in [-0.1, -0.05) is 51.2 Å². The zero-order valence-corrected chi connectivity index (χ0v) is 21.4. The molecule has 0 aliphatic carbocycles. The summed E-state index contributed by atoms with van der Waals surface area (Å²) in [7, 11) is 0. The van der Waals surface area contributed by atoms with Crippen LogP contribution in [0.2, 0.25) is 0 Å². The van der Waals surface area contributed by atoms with Crippen molar-refractivity contribution in [2.45, 2.75) is 71.1 Å². The molecule has 1 aromatic rings. The summed E-state index contributed by atoms with van der Waals surface area (Å²) >= 11 is 0. The van der Waals surface area contributed by atoms with Crippen LogP contribution in [0.1, 0.15) is 70.3 Å². The van der Waals surface area contributed by atoms with Gasteiger partial charge in [0, 0.05) is 19.6 Å². The number of hydrogen-bond acceptors (Lipinski definition) is 6. The molecule has 0 aliphatic rings. The minimum absolute atomic E-state index is 0.00464. The molecule has 8 nitrogen and oxygen atoms in total. The van der Waals surface area contributed by atoms with E-state index in [1.54, 1.807) is 0 Å². The Labute approximate surface area is 210 Å². The predicted octanol–water partition coefficient (Wildman–Crippen LogP) is 4.39. The molecule has 1 amide bonds. The number of amides is 1. The maximum Gasteiger partial charge on any atom is 0.303 e. The van der Waals surface area contributed by atoms with Gasteiger partial charge in [0.25, 0.3) is 0 Å². The van der Waals surface area contributed by atoms with Gasteiger partial charge in [-0.05, 0) is 37.0 Å². The largest absolute Gasteiger partial charge is 0.491 e. The molecule has 2 N–H and O–H groups in total. The van der Waals surface area contributed by atoms with Crippen LogP contribution >= 0.6 is 0 Å². The van der Waals surface area contributed by atoms with Gasteiger partial charge in [0.15, 0.2) is 0 Å². The van der Waals surface area contributed by atoms with E-state index in [9.17, 15) is 9.59 Å². The molecule has 35 heavy (non-hydrogen) atoms. The van der Waals surface area contributed by atoms with Crippen LogP contribution in [-0.4, -0.2) is 69.8 Å². The molecule has 0 aromatic heterocycles. The van der Waals surface area contributed by atoms with E-state index in [0.29, 0.717) is 59.2 Å². The number of nitrogens with one attached hydrogen (secondary N) is 1. The average molecular weight is 496 g/mol. The Bertz CT molecular complexity index is 651. The minimum Gasteiger partial charge on any atom is -0.491 e. The summed E-state index contributed by atoms with van der Waals surface area (Å²) in [5, 5.41) is 11.2. The molecule has 0 unspecified atom stereocenters. The number of benzene rings is 1. The summed E-state index contributed by atoms with van der Waals surface area (Å²) in [6, 6.07) is 8.36. The number of carbonyl (C=O) groups excluding carboxylic acids is 1. The van der Waals surface area contributed by atoms with Crippen molar-refractivity contribution in [3.05, 3.63) is 29.8 Å². The van der Waals surface area contributed by atoms with Crippen molar-refractivity contribution in [1.82, 2.24) is 5.32 Å². The number of carbonyl (C=O) groups is 2.